The smallest absolute Gasteiger partial charge is 0.173 e. The lowest BCUT2D eigenvalue weighted by atomic mass is 9.43. The van der Waals surface area contributed by atoms with E-state index in [1.54, 1.807) is 7.11 Å². The van der Waals surface area contributed by atoms with E-state index in [2.05, 4.69) is 67.0 Å². The second-order valence-corrected chi connectivity index (χ2v) is 16.6. The van der Waals surface area contributed by atoms with Crippen molar-refractivity contribution in [3.63, 3.8) is 0 Å². The number of hydrogen-bond acceptors (Lipinski definition) is 6. The second-order valence-electron chi connectivity index (χ2n) is 16.6. The quantitative estimate of drug-likeness (QED) is 0.175. The van der Waals surface area contributed by atoms with Gasteiger partial charge >= 0.3 is 0 Å². The van der Waals surface area contributed by atoms with Gasteiger partial charge in [0.25, 0.3) is 0 Å². The molecule has 6 atom stereocenters. The van der Waals surface area contributed by atoms with Crippen molar-refractivity contribution in [3.05, 3.63) is 83.4 Å². The van der Waals surface area contributed by atoms with Gasteiger partial charge in [0.2, 0.25) is 0 Å². The van der Waals surface area contributed by atoms with Crippen LogP contribution in [0.25, 0.3) is 0 Å². The summed E-state index contributed by atoms with van der Waals surface area (Å²) < 4.78 is 13.2. The fourth-order valence-corrected chi connectivity index (χ4v) is 11.3. The fourth-order valence-electron chi connectivity index (χ4n) is 11.3. The van der Waals surface area contributed by atoms with Gasteiger partial charge in [-0.1, -0.05) is 57.2 Å². The van der Waals surface area contributed by atoms with Crippen LogP contribution < -0.4 is 14.4 Å². The number of benzene rings is 3. The Morgan fingerprint density at radius 3 is 2.43 bits per heavy atom. The molecule has 0 aromatic heterocycles. The van der Waals surface area contributed by atoms with Gasteiger partial charge in [-0.15, -0.1) is 0 Å². The zero-order valence-corrected chi connectivity index (χ0v) is 28.5. The number of likely N-dealkylation sites (tertiary alicyclic amines) is 2. The molecule has 6 nitrogen and oxygen atoms in total. The summed E-state index contributed by atoms with van der Waals surface area (Å²) in [6, 6.07) is 24.3. The first kappa shape index (κ1) is 30.0. The normalized spacial score (nSPS) is 32.5. The van der Waals surface area contributed by atoms with Crippen LogP contribution in [0.1, 0.15) is 76.0 Å². The first-order chi connectivity index (χ1) is 22.8. The molecule has 3 aromatic carbocycles. The lowest BCUT2D eigenvalue weighted by Crippen LogP contribution is -2.69. The van der Waals surface area contributed by atoms with E-state index in [-0.39, 0.29) is 16.2 Å². The third kappa shape index (κ3) is 4.61. The van der Waals surface area contributed by atoms with Crippen molar-refractivity contribution in [2.24, 2.45) is 23.2 Å². The predicted octanol–water partition coefficient (Wildman–Crippen LogP) is 8.13. The third-order valence-electron chi connectivity index (χ3n) is 13.2. The molecule has 6 aliphatic rings. The minimum atomic E-state index is 0.0587. The summed E-state index contributed by atoms with van der Waals surface area (Å²) in [7, 11) is 1.81. The second kappa shape index (κ2) is 11.0. The van der Waals surface area contributed by atoms with Gasteiger partial charge in [-0.25, -0.2) is 0 Å². The highest BCUT2D eigenvalue weighted by atomic mass is 17.2. The summed E-state index contributed by atoms with van der Waals surface area (Å²) in [4.78, 5) is 17.2. The van der Waals surface area contributed by atoms with Gasteiger partial charge in [-0.05, 0) is 122 Å². The standard InChI is InChI=1S/C41H50N2O4/c1-39(2,3)30-13-15-31(16-14-30)46-38-34(44-4)17-12-28-22-35-40-19-18-33-36(41(40,37(28)38)20-21-42(35)24-27-10-11-27)29(23-40)25-43(33)26-45-47-32-8-6-5-7-9-32/h5-9,12-17,27,29,33,35-36H,10-11,18-26H2,1-4H3. The van der Waals surface area contributed by atoms with Crippen molar-refractivity contribution in [3.8, 4) is 23.0 Å². The maximum atomic E-state index is 7.06. The SMILES string of the molecule is COc1ccc2c(c1Oc1ccc(C(C)(C)C)cc1)C13CCN(CC4CC4)C(C2)C12CCC1C3C(CN1COOc1ccccc1)C2. The molecule has 0 amide bonds. The molecule has 4 aliphatic carbocycles. The van der Waals surface area contributed by atoms with Crippen LogP contribution in [-0.4, -0.2) is 55.4 Å². The van der Waals surface area contributed by atoms with Crippen LogP contribution in [0.15, 0.2) is 66.7 Å². The van der Waals surface area contributed by atoms with Crippen molar-refractivity contribution < 1.29 is 19.2 Å². The molecule has 5 fully saturated rings. The molecule has 0 radical (unpaired) electrons. The highest BCUT2D eigenvalue weighted by molar-refractivity contribution is 5.61. The van der Waals surface area contributed by atoms with E-state index in [1.807, 2.05) is 30.3 Å². The number of hydrogen-bond donors (Lipinski definition) is 0. The molecule has 2 heterocycles. The van der Waals surface area contributed by atoms with Crippen molar-refractivity contribution in [2.75, 3.05) is 33.5 Å². The molecule has 0 spiro atoms. The predicted molar refractivity (Wildman–Crippen MR) is 183 cm³/mol. The van der Waals surface area contributed by atoms with Gasteiger partial charge in [0, 0.05) is 36.2 Å². The Hall–Kier alpha value is -3.06. The molecule has 9 rings (SSSR count). The molecule has 6 unspecified atom stereocenters. The maximum Gasteiger partial charge on any atom is 0.173 e. The number of fused-ring (bicyclic) bond motifs is 1. The number of rotatable bonds is 9. The molecule has 248 valence electrons. The van der Waals surface area contributed by atoms with Crippen LogP contribution in [0, 0.1) is 23.2 Å². The van der Waals surface area contributed by atoms with Crippen molar-refractivity contribution in [2.45, 2.75) is 88.6 Å². The number of para-hydroxylation sites is 1. The number of piperidine rings is 1. The highest BCUT2D eigenvalue weighted by Crippen LogP contribution is 2.76. The fraction of sp³-hybridized carbons (Fsp3) is 0.561. The van der Waals surface area contributed by atoms with Crippen LogP contribution in [0.5, 0.6) is 23.0 Å². The van der Waals surface area contributed by atoms with Gasteiger partial charge in [0.1, 0.15) is 12.5 Å². The van der Waals surface area contributed by atoms with E-state index < -0.39 is 0 Å². The van der Waals surface area contributed by atoms with Gasteiger partial charge in [-0.3, -0.25) is 9.80 Å². The summed E-state index contributed by atoms with van der Waals surface area (Å²) >= 11 is 0. The maximum absolute atomic E-state index is 7.06. The molecular formula is C41H50N2O4. The molecular weight excluding hydrogens is 584 g/mol. The summed E-state index contributed by atoms with van der Waals surface area (Å²) in [5.41, 5.74) is 4.70. The lowest BCUT2D eigenvalue weighted by Gasteiger charge is -2.66. The molecule has 4 bridgehead atoms. The summed E-state index contributed by atoms with van der Waals surface area (Å²) in [5, 5.41) is 0. The minimum Gasteiger partial charge on any atom is -0.493 e. The van der Waals surface area contributed by atoms with Crippen molar-refractivity contribution in [1.82, 2.24) is 9.80 Å². The van der Waals surface area contributed by atoms with Crippen LogP contribution >= 0.6 is 0 Å². The first-order valence-electron chi connectivity index (χ1n) is 18.1. The summed E-state index contributed by atoms with van der Waals surface area (Å²) in [6.45, 7) is 10.8. The average Bonchev–Trinajstić information content (AvgIpc) is 3.77. The zero-order chi connectivity index (χ0) is 32.0. The number of nitrogens with zero attached hydrogens (tertiary/aromatic N) is 2. The Kier molecular flexibility index (Phi) is 7.02. The molecule has 2 saturated heterocycles. The van der Waals surface area contributed by atoms with Crippen molar-refractivity contribution in [1.29, 1.82) is 0 Å². The van der Waals surface area contributed by atoms with E-state index >= 15 is 0 Å². The molecule has 2 aliphatic heterocycles. The van der Waals surface area contributed by atoms with Crippen molar-refractivity contribution >= 4 is 0 Å². The lowest BCUT2D eigenvalue weighted by molar-refractivity contribution is -0.242. The van der Waals surface area contributed by atoms with Crippen LogP contribution in [0.4, 0.5) is 0 Å². The summed E-state index contributed by atoms with van der Waals surface area (Å²) in [6.07, 6.45) is 8.94. The Morgan fingerprint density at radius 1 is 0.872 bits per heavy atom. The topological polar surface area (TPSA) is 43.4 Å². The zero-order valence-electron chi connectivity index (χ0n) is 28.5. The Labute approximate surface area is 280 Å². The Balaban J connectivity index is 1.11. The Bertz CT molecular complexity index is 1630. The minimum absolute atomic E-state index is 0.0587. The van der Waals surface area contributed by atoms with Gasteiger partial charge in [0.15, 0.2) is 17.2 Å². The monoisotopic (exact) mass is 634 g/mol. The molecule has 6 heteroatoms. The van der Waals surface area contributed by atoms with E-state index in [1.165, 1.54) is 68.3 Å². The van der Waals surface area contributed by atoms with Gasteiger partial charge < -0.3 is 14.4 Å². The molecule has 3 saturated carbocycles. The third-order valence-corrected chi connectivity index (χ3v) is 13.2. The van der Waals surface area contributed by atoms with Crippen LogP contribution in [-0.2, 0) is 22.1 Å². The van der Waals surface area contributed by atoms with Crippen LogP contribution in [0.2, 0.25) is 0 Å². The van der Waals surface area contributed by atoms with Crippen LogP contribution in [0.3, 0.4) is 0 Å². The first-order valence-corrected chi connectivity index (χ1v) is 18.1. The van der Waals surface area contributed by atoms with Gasteiger partial charge in [-0.2, -0.15) is 4.89 Å². The average molecular weight is 635 g/mol. The van der Waals surface area contributed by atoms with E-state index in [9.17, 15) is 0 Å². The van der Waals surface area contributed by atoms with E-state index in [4.69, 9.17) is 19.2 Å². The highest BCUT2D eigenvalue weighted by Gasteiger charge is 2.76. The molecule has 47 heavy (non-hydrogen) atoms. The number of methoxy groups -OCH3 is 1. The Morgan fingerprint density at radius 2 is 1.68 bits per heavy atom. The van der Waals surface area contributed by atoms with Gasteiger partial charge in [0.05, 0.1) is 7.11 Å². The number of ether oxygens (including phenoxy) is 2. The van der Waals surface area contributed by atoms with E-state index in [0.29, 0.717) is 30.7 Å². The largest absolute Gasteiger partial charge is 0.493 e. The molecule has 0 N–H and O–H groups in total. The summed E-state index contributed by atoms with van der Waals surface area (Å²) in [5.74, 6) is 5.59. The van der Waals surface area contributed by atoms with E-state index in [0.717, 1.165) is 41.9 Å². The molecule has 3 aromatic rings.